The quantitative estimate of drug-likeness (QED) is 0.919. The predicted octanol–water partition coefficient (Wildman–Crippen LogP) is 1.18. The highest BCUT2D eigenvalue weighted by atomic mass is 16.5. The fourth-order valence-electron chi connectivity index (χ4n) is 2.95. The van der Waals surface area contributed by atoms with E-state index in [1.54, 1.807) is 0 Å². The molecule has 1 aromatic heterocycles. The Kier molecular flexibility index (Phi) is 4.45. The van der Waals surface area contributed by atoms with Gasteiger partial charge < -0.3 is 10.5 Å². The predicted molar refractivity (Wildman–Crippen MR) is 87.2 cm³/mol. The number of aryl methyl sites for hydroxylation is 2. The first kappa shape index (κ1) is 15.7. The maximum Gasteiger partial charge on any atom is 0.247 e. The van der Waals surface area contributed by atoms with E-state index in [9.17, 15) is 4.79 Å². The van der Waals surface area contributed by atoms with Gasteiger partial charge in [-0.15, -0.1) is 0 Å². The number of nitrogens with zero attached hydrogens (tertiary/aromatic N) is 3. The van der Waals surface area contributed by atoms with E-state index in [-0.39, 0.29) is 0 Å². The molecule has 1 aliphatic rings. The van der Waals surface area contributed by atoms with Gasteiger partial charge in [-0.2, -0.15) is 5.10 Å². The van der Waals surface area contributed by atoms with Gasteiger partial charge in [0, 0.05) is 25.3 Å². The number of benzene rings is 1. The van der Waals surface area contributed by atoms with Crippen molar-refractivity contribution in [3.05, 3.63) is 47.3 Å². The minimum atomic E-state index is -0.511. The highest BCUT2D eigenvalue weighted by Crippen LogP contribution is 2.16. The molecule has 122 valence electrons. The summed E-state index contributed by atoms with van der Waals surface area (Å²) in [6.45, 7) is 6.68. The normalized spacial score (nSPS) is 19.0. The van der Waals surface area contributed by atoms with Crippen LogP contribution in [-0.2, 0) is 16.1 Å². The lowest BCUT2D eigenvalue weighted by Gasteiger charge is -2.31. The average molecular weight is 314 g/mol. The molecule has 0 bridgehead atoms. The van der Waals surface area contributed by atoms with Crippen molar-refractivity contribution in [2.45, 2.75) is 26.5 Å². The van der Waals surface area contributed by atoms with Gasteiger partial charge in [-0.25, -0.2) is 4.68 Å². The fraction of sp³-hybridized carbons (Fsp3) is 0.412. The first-order valence-corrected chi connectivity index (χ1v) is 7.79. The molecule has 6 nitrogen and oxygen atoms in total. The van der Waals surface area contributed by atoms with E-state index in [1.807, 2.05) is 24.6 Å². The SMILES string of the molecule is Cc1cc(C)n(-c2cccc(CN3CCO[C@H](C(N)=O)C3)c2)n1. The summed E-state index contributed by atoms with van der Waals surface area (Å²) < 4.78 is 7.34. The molecule has 0 radical (unpaired) electrons. The smallest absolute Gasteiger partial charge is 0.247 e. The van der Waals surface area contributed by atoms with E-state index in [0.717, 1.165) is 30.2 Å². The summed E-state index contributed by atoms with van der Waals surface area (Å²) in [5, 5.41) is 4.53. The third kappa shape index (κ3) is 3.60. The molecule has 2 N–H and O–H groups in total. The van der Waals surface area contributed by atoms with Crippen LogP contribution in [0, 0.1) is 13.8 Å². The minimum absolute atomic E-state index is 0.397. The maximum atomic E-state index is 11.3. The van der Waals surface area contributed by atoms with Crippen LogP contribution in [-0.4, -0.2) is 46.4 Å². The first-order chi connectivity index (χ1) is 11.0. The molecular weight excluding hydrogens is 292 g/mol. The number of carbonyl (C=O) groups excluding carboxylic acids is 1. The number of rotatable bonds is 4. The molecule has 2 heterocycles. The monoisotopic (exact) mass is 314 g/mol. The highest BCUT2D eigenvalue weighted by Gasteiger charge is 2.24. The number of hydrogen-bond acceptors (Lipinski definition) is 4. The van der Waals surface area contributed by atoms with E-state index in [0.29, 0.717) is 13.2 Å². The molecule has 1 aromatic carbocycles. The van der Waals surface area contributed by atoms with Crippen molar-refractivity contribution in [1.29, 1.82) is 0 Å². The molecule has 1 amide bonds. The number of amides is 1. The van der Waals surface area contributed by atoms with E-state index in [2.05, 4.69) is 34.3 Å². The molecule has 1 aliphatic heterocycles. The van der Waals surface area contributed by atoms with Crippen molar-refractivity contribution in [3.63, 3.8) is 0 Å². The van der Waals surface area contributed by atoms with Gasteiger partial charge >= 0.3 is 0 Å². The number of primary amides is 1. The lowest BCUT2D eigenvalue weighted by molar-refractivity contribution is -0.135. The third-order valence-electron chi connectivity index (χ3n) is 4.04. The maximum absolute atomic E-state index is 11.3. The second kappa shape index (κ2) is 6.52. The van der Waals surface area contributed by atoms with Crippen LogP contribution in [0.3, 0.4) is 0 Å². The Bertz CT molecular complexity index is 710. The Morgan fingerprint density at radius 1 is 1.39 bits per heavy atom. The molecule has 2 aromatic rings. The molecule has 3 rings (SSSR count). The summed E-state index contributed by atoms with van der Waals surface area (Å²) in [6, 6.07) is 10.4. The van der Waals surface area contributed by atoms with Crippen LogP contribution >= 0.6 is 0 Å². The van der Waals surface area contributed by atoms with Gasteiger partial charge in [0.05, 0.1) is 18.0 Å². The zero-order chi connectivity index (χ0) is 16.4. The summed E-state index contributed by atoms with van der Waals surface area (Å²) >= 11 is 0. The standard InChI is InChI=1S/C17H22N4O2/c1-12-8-13(2)21(19-12)15-5-3-4-14(9-15)10-20-6-7-23-16(11-20)17(18)22/h3-5,8-9,16H,6-7,10-11H2,1-2H3,(H2,18,22)/t16-/m0/s1. The molecule has 23 heavy (non-hydrogen) atoms. The van der Waals surface area contributed by atoms with Gasteiger partial charge in [-0.3, -0.25) is 9.69 Å². The molecular formula is C17H22N4O2. The third-order valence-corrected chi connectivity index (χ3v) is 4.04. The summed E-state index contributed by atoms with van der Waals surface area (Å²) in [5.41, 5.74) is 9.69. The Morgan fingerprint density at radius 3 is 2.91 bits per heavy atom. The van der Waals surface area contributed by atoms with Crippen LogP contribution in [0.5, 0.6) is 0 Å². The van der Waals surface area contributed by atoms with Crippen molar-refractivity contribution >= 4 is 5.91 Å². The van der Waals surface area contributed by atoms with E-state index < -0.39 is 12.0 Å². The number of morpholine rings is 1. The van der Waals surface area contributed by atoms with Crippen molar-refractivity contribution in [1.82, 2.24) is 14.7 Å². The zero-order valence-corrected chi connectivity index (χ0v) is 13.5. The van der Waals surface area contributed by atoms with Crippen LogP contribution in [0.1, 0.15) is 17.0 Å². The molecule has 1 atom stereocenters. The molecule has 1 saturated heterocycles. The topological polar surface area (TPSA) is 73.4 Å². The Labute approximate surface area is 135 Å². The van der Waals surface area contributed by atoms with Crippen molar-refractivity contribution in [2.75, 3.05) is 19.7 Å². The van der Waals surface area contributed by atoms with Crippen molar-refractivity contribution in [3.8, 4) is 5.69 Å². The van der Waals surface area contributed by atoms with Crippen LogP contribution in [0.15, 0.2) is 30.3 Å². The average Bonchev–Trinajstić information content (AvgIpc) is 2.86. The Balaban J connectivity index is 1.75. The van der Waals surface area contributed by atoms with E-state index >= 15 is 0 Å². The van der Waals surface area contributed by atoms with Crippen molar-refractivity contribution in [2.24, 2.45) is 5.73 Å². The number of aromatic nitrogens is 2. The number of carbonyl (C=O) groups is 1. The van der Waals surface area contributed by atoms with Gasteiger partial charge in [0.1, 0.15) is 6.10 Å². The second-order valence-electron chi connectivity index (χ2n) is 6.01. The molecule has 0 saturated carbocycles. The lowest BCUT2D eigenvalue weighted by atomic mass is 10.1. The second-order valence-corrected chi connectivity index (χ2v) is 6.01. The van der Waals surface area contributed by atoms with E-state index in [1.165, 1.54) is 5.56 Å². The summed E-state index contributed by atoms with van der Waals surface area (Å²) in [4.78, 5) is 13.5. The van der Waals surface area contributed by atoms with Gasteiger partial charge in [-0.05, 0) is 37.6 Å². The fourth-order valence-corrected chi connectivity index (χ4v) is 2.95. The minimum Gasteiger partial charge on any atom is -0.367 e. The highest BCUT2D eigenvalue weighted by molar-refractivity contribution is 5.79. The van der Waals surface area contributed by atoms with Crippen LogP contribution < -0.4 is 5.73 Å². The van der Waals surface area contributed by atoms with Crippen LogP contribution in [0.4, 0.5) is 0 Å². The molecule has 0 aliphatic carbocycles. The molecule has 0 unspecified atom stereocenters. The summed E-state index contributed by atoms with van der Waals surface area (Å²) in [5.74, 6) is -0.397. The summed E-state index contributed by atoms with van der Waals surface area (Å²) in [6.07, 6.45) is -0.511. The molecule has 1 fully saturated rings. The van der Waals surface area contributed by atoms with Gasteiger partial charge in [0.2, 0.25) is 5.91 Å². The molecule has 6 heteroatoms. The van der Waals surface area contributed by atoms with Crippen molar-refractivity contribution < 1.29 is 9.53 Å². The first-order valence-electron chi connectivity index (χ1n) is 7.79. The Hall–Kier alpha value is -2.18. The molecule has 0 spiro atoms. The van der Waals surface area contributed by atoms with Gasteiger partial charge in [0.25, 0.3) is 0 Å². The lowest BCUT2D eigenvalue weighted by Crippen LogP contribution is -2.47. The number of nitrogens with two attached hydrogens (primary N) is 1. The van der Waals surface area contributed by atoms with Gasteiger partial charge in [0.15, 0.2) is 0 Å². The largest absolute Gasteiger partial charge is 0.367 e. The van der Waals surface area contributed by atoms with Crippen LogP contribution in [0.25, 0.3) is 5.69 Å². The Morgan fingerprint density at radius 2 is 2.22 bits per heavy atom. The number of hydrogen-bond donors (Lipinski definition) is 1. The zero-order valence-electron chi connectivity index (χ0n) is 13.5. The van der Waals surface area contributed by atoms with Gasteiger partial charge in [-0.1, -0.05) is 12.1 Å². The number of ether oxygens (including phenoxy) is 1. The van der Waals surface area contributed by atoms with E-state index in [4.69, 9.17) is 10.5 Å². The van der Waals surface area contributed by atoms with Crippen LogP contribution in [0.2, 0.25) is 0 Å². The summed E-state index contributed by atoms with van der Waals surface area (Å²) in [7, 11) is 0.